The second-order valence-electron chi connectivity index (χ2n) is 3.60. The maximum atomic E-state index is 5.88. The Labute approximate surface area is 106 Å². The normalized spacial score (nSPS) is 12.5. The lowest BCUT2D eigenvalue weighted by atomic mass is 10.2. The monoisotopic (exact) mass is 262 g/mol. The van der Waals surface area contributed by atoms with Crippen molar-refractivity contribution in [2.75, 3.05) is 13.7 Å². The molecule has 0 amide bonds. The number of halogens is 2. The van der Waals surface area contributed by atoms with E-state index in [1.807, 2.05) is 19.1 Å². The van der Waals surface area contributed by atoms with E-state index in [1.54, 1.807) is 13.2 Å². The van der Waals surface area contributed by atoms with Gasteiger partial charge in [0, 0.05) is 30.7 Å². The van der Waals surface area contributed by atoms with Crippen molar-refractivity contribution in [3.8, 4) is 5.75 Å². The third kappa shape index (κ3) is 4.20. The highest BCUT2D eigenvalue weighted by Crippen LogP contribution is 2.25. The molecule has 1 atom stereocenters. The van der Waals surface area contributed by atoms with Gasteiger partial charge in [0.25, 0.3) is 0 Å². The van der Waals surface area contributed by atoms with Crippen LogP contribution in [0.4, 0.5) is 0 Å². The van der Waals surface area contributed by atoms with Gasteiger partial charge in [0.05, 0.1) is 12.0 Å². The number of hydrogen-bond acceptors (Lipinski definition) is 2. The number of ether oxygens (including phenoxy) is 2. The Morgan fingerprint density at radius 2 is 2.12 bits per heavy atom. The van der Waals surface area contributed by atoms with Crippen molar-refractivity contribution in [2.24, 2.45) is 0 Å². The van der Waals surface area contributed by atoms with E-state index in [1.165, 1.54) is 0 Å². The highest BCUT2D eigenvalue weighted by atomic mass is 35.5. The van der Waals surface area contributed by atoms with E-state index in [0.29, 0.717) is 17.5 Å². The summed E-state index contributed by atoms with van der Waals surface area (Å²) in [5.74, 6) is 1.19. The third-order valence-electron chi connectivity index (χ3n) is 2.22. The molecule has 1 aromatic rings. The van der Waals surface area contributed by atoms with Gasteiger partial charge < -0.3 is 9.47 Å². The summed E-state index contributed by atoms with van der Waals surface area (Å²) in [6, 6.07) is 5.48. The molecule has 0 aliphatic rings. The Balaban J connectivity index is 2.65. The lowest BCUT2D eigenvalue weighted by molar-refractivity contribution is 0.134. The fourth-order valence-corrected chi connectivity index (χ4v) is 1.73. The molecule has 1 aromatic carbocycles. The zero-order valence-electron chi connectivity index (χ0n) is 9.50. The molecule has 0 radical (unpaired) electrons. The highest BCUT2D eigenvalue weighted by Gasteiger charge is 2.08. The lowest BCUT2D eigenvalue weighted by Crippen LogP contribution is -2.14. The van der Waals surface area contributed by atoms with E-state index < -0.39 is 0 Å². The van der Waals surface area contributed by atoms with Crippen molar-refractivity contribution in [3.05, 3.63) is 28.8 Å². The Kier molecular flexibility index (Phi) is 5.96. The van der Waals surface area contributed by atoms with Crippen molar-refractivity contribution >= 4 is 23.2 Å². The summed E-state index contributed by atoms with van der Waals surface area (Å²) in [4.78, 5) is 0. The van der Waals surface area contributed by atoms with Crippen molar-refractivity contribution in [1.29, 1.82) is 0 Å². The summed E-state index contributed by atoms with van der Waals surface area (Å²) in [6.07, 6.45) is 0.948. The summed E-state index contributed by atoms with van der Waals surface area (Å²) in [5, 5.41) is 0.674. The fourth-order valence-electron chi connectivity index (χ4n) is 1.33. The average molecular weight is 263 g/mol. The van der Waals surface area contributed by atoms with Crippen LogP contribution in [0.2, 0.25) is 5.02 Å². The van der Waals surface area contributed by atoms with Crippen LogP contribution in [0.3, 0.4) is 0 Å². The summed E-state index contributed by atoms with van der Waals surface area (Å²) < 4.78 is 10.8. The zero-order chi connectivity index (χ0) is 12.0. The summed E-state index contributed by atoms with van der Waals surface area (Å²) >= 11 is 11.7. The van der Waals surface area contributed by atoms with Gasteiger partial charge in [-0.2, -0.15) is 0 Å². The first-order valence-electron chi connectivity index (χ1n) is 5.17. The van der Waals surface area contributed by atoms with E-state index in [4.69, 9.17) is 32.7 Å². The van der Waals surface area contributed by atoms with Crippen molar-refractivity contribution in [1.82, 2.24) is 0 Å². The van der Waals surface area contributed by atoms with Crippen LogP contribution in [0.1, 0.15) is 18.9 Å². The van der Waals surface area contributed by atoms with Gasteiger partial charge in [-0.1, -0.05) is 11.6 Å². The number of rotatable bonds is 6. The van der Waals surface area contributed by atoms with Crippen LogP contribution in [0.25, 0.3) is 0 Å². The quantitative estimate of drug-likeness (QED) is 0.725. The largest absolute Gasteiger partial charge is 0.490 e. The van der Waals surface area contributed by atoms with E-state index in [-0.39, 0.29) is 6.10 Å². The van der Waals surface area contributed by atoms with Gasteiger partial charge in [0.15, 0.2) is 0 Å². The predicted molar refractivity (Wildman–Crippen MR) is 67.6 cm³/mol. The minimum absolute atomic E-state index is 0.100. The van der Waals surface area contributed by atoms with Gasteiger partial charge in [-0.3, -0.25) is 0 Å². The molecule has 90 valence electrons. The number of benzene rings is 1. The standard InChI is InChI=1S/C12H16Cl2O2/c1-9(5-6-15-2)16-12-4-3-11(14)7-10(12)8-13/h3-4,7,9H,5-6,8H2,1-2H3. The van der Waals surface area contributed by atoms with Gasteiger partial charge in [-0.05, 0) is 25.1 Å². The Bertz CT molecular complexity index is 329. The first kappa shape index (κ1) is 13.6. The van der Waals surface area contributed by atoms with Crippen LogP contribution >= 0.6 is 23.2 Å². The first-order chi connectivity index (χ1) is 7.67. The maximum absolute atomic E-state index is 5.88. The lowest BCUT2D eigenvalue weighted by Gasteiger charge is -2.16. The SMILES string of the molecule is COCCC(C)Oc1ccc(Cl)cc1CCl. The molecule has 0 fully saturated rings. The van der Waals surface area contributed by atoms with Crippen molar-refractivity contribution < 1.29 is 9.47 Å². The Morgan fingerprint density at radius 3 is 2.75 bits per heavy atom. The molecule has 0 saturated heterocycles. The molecule has 0 heterocycles. The van der Waals surface area contributed by atoms with Gasteiger partial charge in [-0.15, -0.1) is 11.6 Å². The first-order valence-corrected chi connectivity index (χ1v) is 6.08. The van der Waals surface area contributed by atoms with Crippen LogP contribution in [-0.4, -0.2) is 19.8 Å². The van der Waals surface area contributed by atoms with Crippen molar-refractivity contribution in [3.63, 3.8) is 0 Å². The molecular weight excluding hydrogens is 247 g/mol. The predicted octanol–water partition coefficient (Wildman–Crippen LogP) is 3.88. The third-order valence-corrected chi connectivity index (χ3v) is 2.75. The van der Waals surface area contributed by atoms with E-state index in [9.17, 15) is 0 Å². The number of methoxy groups -OCH3 is 1. The Hall–Kier alpha value is -0.440. The van der Waals surface area contributed by atoms with Crippen LogP contribution in [0.5, 0.6) is 5.75 Å². The summed E-state index contributed by atoms with van der Waals surface area (Å²) in [7, 11) is 1.68. The van der Waals surface area contributed by atoms with Gasteiger partial charge in [-0.25, -0.2) is 0 Å². The summed E-state index contributed by atoms with van der Waals surface area (Å²) in [6.45, 7) is 2.69. The van der Waals surface area contributed by atoms with Crippen LogP contribution in [0.15, 0.2) is 18.2 Å². The molecule has 0 N–H and O–H groups in total. The highest BCUT2D eigenvalue weighted by molar-refractivity contribution is 6.30. The minimum Gasteiger partial charge on any atom is -0.490 e. The molecular formula is C12H16Cl2O2. The molecule has 1 unspecified atom stereocenters. The Morgan fingerprint density at radius 1 is 1.38 bits per heavy atom. The van der Waals surface area contributed by atoms with E-state index >= 15 is 0 Å². The average Bonchev–Trinajstić information content (AvgIpc) is 2.28. The summed E-state index contributed by atoms with van der Waals surface area (Å²) in [5.41, 5.74) is 0.915. The topological polar surface area (TPSA) is 18.5 Å². The molecule has 0 bridgehead atoms. The molecule has 1 rings (SSSR count). The molecule has 0 aromatic heterocycles. The molecule has 2 nitrogen and oxygen atoms in total. The van der Waals surface area contributed by atoms with E-state index in [2.05, 4.69) is 0 Å². The molecule has 4 heteroatoms. The van der Waals surface area contributed by atoms with Gasteiger partial charge >= 0.3 is 0 Å². The second-order valence-corrected chi connectivity index (χ2v) is 4.30. The molecule has 0 saturated carbocycles. The van der Waals surface area contributed by atoms with Crippen LogP contribution in [-0.2, 0) is 10.6 Å². The number of alkyl halides is 1. The maximum Gasteiger partial charge on any atom is 0.124 e. The smallest absolute Gasteiger partial charge is 0.124 e. The minimum atomic E-state index is 0.100. The fraction of sp³-hybridized carbons (Fsp3) is 0.500. The van der Waals surface area contributed by atoms with Crippen LogP contribution in [0, 0.1) is 0 Å². The molecule has 0 spiro atoms. The second kappa shape index (κ2) is 7.00. The number of hydrogen-bond donors (Lipinski definition) is 0. The van der Waals surface area contributed by atoms with Gasteiger partial charge in [0.2, 0.25) is 0 Å². The zero-order valence-corrected chi connectivity index (χ0v) is 11.0. The van der Waals surface area contributed by atoms with Crippen LogP contribution < -0.4 is 4.74 Å². The van der Waals surface area contributed by atoms with Gasteiger partial charge in [0.1, 0.15) is 5.75 Å². The van der Waals surface area contributed by atoms with E-state index in [0.717, 1.165) is 17.7 Å². The van der Waals surface area contributed by atoms with Crippen molar-refractivity contribution in [2.45, 2.75) is 25.3 Å². The molecule has 16 heavy (non-hydrogen) atoms. The molecule has 0 aliphatic heterocycles. The molecule has 0 aliphatic carbocycles.